The Labute approximate surface area is 236 Å². The number of primary amides is 1. The molecule has 0 unspecified atom stereocenters. The van der Waals surface area contributed by atoms with E-state index >= 15 is 0 Å². The third kappa shape index (κ3) is 6.90. The Hall–Kier alpha value is -3.25. The Morgan fingerprint density at radius 2 is 1.80 bits per heavy atom. The second kappa shape index (κ2) is 12.5. The molecule has 5 rings (SSSR count). The van der Waals surface area contributed by atoms with Crippen LogP contribution < -0.4 is 26.6 Å². The van der Waals surface area contributed by atoms with E-state index in [0.717, 1.165) is 58.2 Å². The topological polar surface area (TPSA) is 159 Å². The number of piperidine rings is 2. The van der Waals surface area contributed by atoms with E-state index in [4.69, 9.17) is 5.73 Å². The van der Waals surface area contributed by atoms with Gasteiger partial charge in [-0.2, -0.15) is 0 Å². The largest absolute Gasteiger partial charge is 0.364 e. The van der Waals surface area contributed by atoms with E-state index in [1.807, 2.05) is 0 Å². The van der Waals surface area contributed by atoms with Crippen molar-refractivity contribution in [3.8, 4) is 0 Å². The van der Waals surface area contributed by atoms with E-state index in [9.17, 15) is 18.0 Å². The maximum Gasteiger partial charge on any atom is 0.271 e. The standard InChI is InChI=1S/C28H39N7O4S/c29-25(36)24-26(32-21-5-3-19(4-6-21)18-40(38)39)34-23(16-31-24)35-15-1-2-22(17-35)33-27(37)20-7-9-28(10-8-20)11-13-30-14-12-28/h3-6,16,20,22,30,40H,1-2,7-15,17-18H2,(H2,29,36)(H,32,34)(H,33,37)/t22-/m1/s1. The molecule has 1 aromatic heterocycles. The van der Waals surface area contributed by atoms with Gasteiger partial charge in [-0.1, -0.05) is 12.1 Å². The Balaban J connectivity index is 1.22. The molecule has 2 amide bonds. The molecule has 12 heteroatoms. The number of nitrogens with two attached hydrogens (primary N) is 1. The smallest absolute Gasteiger partial charge is 0.271 e. The fourth-order valence-corrected chi connectivity index (χ4v) is 6.86. The van der Waals surface area contributed by atoms with E-state index < -0.39 is 16.6 Å². The highest BCUT2D eigenvalue weighted by Gasteiger charge is 2.38. The molecule has 3 heterocycles. The summed E-state index contributed by atoms with van der Waals surface area (Å²) < 4.78 is 22.0. The minimum atomic E-state index is -2.52. The zero-order valence-corrected chi connectivity index (χ0v) is 23.6. The molecule has 1 saturated carbocycles. The summed E-state index contributed by atoms with van der Waals surface area (Å²) in [6.45, 7) is 3.56. The Morgan fingerprint density at radius 3 is 2.48 bits per heavy atom. The first-order valence-corrected chi connectivity index (χ1v) is 15.6. The van der Waals surface area contributed by atoms with Gasteiger partial charge in [0.05, 0.1) is 11.9 Å². The van der Waals surface area contributed by atoms with E-state index in [0.29, 0.717) is 29.0 Å². The highest BCUT2D eigenvalue weighted by atomic mass is 32.2. The van der Waals surface area contributed by atoms with Gasteiger partial charge in [-0.05, 0) is 87.6 Å². The molecule has 3 fully saturated rings. The summed E-state index contributed by atoms with van der Waals surface area (Å²) in [7, 11) is -2.52. The molecule has 0 radical (unpaired) electrons. The van der Waals surface area contributed by atoms with Crippen LogP contribution in [0.5, 0.6) is 0 Å². The number of carbonyl (C=O) groups is 2. The van der Waals surface area contributed by atoms with Crippen molar-refractivity contribution in [3.05, 3.63) is 41.7 Å². The van der Waals surface area contributed by atoms with Crippen molar-refractivity contribution < 1.29 is 18.0 Å². The third-order valence-electron chi connectivity index (χ3n) is 8.69. The normalized spacial score (nSPS) is 21.3. The van der Waals surface area contributed by atoms with E-state index in [1.54, 1.807) is 30.5 Å². The number of hydrogen-bond donors (Lipinski definition) is 5. The van der Waals surface area contributed by atoms with Crippen molar-refractivity contribution in [2.24, 2.45) is 17.1 Å². The Bertz CT molecular complexity index is 1280. The van der Waals surface area contributed by atoms with Gasteiger partial charge in [0.25, 0.3) is 5.91 Å². The van der Waals surface area contributed by atoms with Crippen LogP contribution in [0, 0.1) is 11.3 Å². The molecule has 1 aliphatic carbocycles. The van der Waals surface area contributed by atoms with Gasteiger partial charge in [-0.15, -0.1) is 0 Å². The van der Waals surface area contributed by atoms with Crippen molar-refractivity contribution in [3.63, 3.8) is 0 Å². The number of nitrogens with one attached hydrogen (secondary N) is 3. The molecule has 2 aliphatic heterocycles. The first-order chi connectivity index (χ1) is 19.3. The fraction of sp³-hybridized carbons (Fsp3) is 0.571. The number of rotatable bonds is 8. The lowest BCUT2D eigenvalue weighted by Gasteiger charge is -2.43. The van der Waals surface area contributed by atoms with Crippen LogP contribution in [0.25, 0.3) is 0 Å². The first-order valence-electron chi connectivity index (χ1n) is 14.2. The molecule has 216 valence electrons. The average Bonchev–Trinajstić information content (AvgIpc) is 2.94. The minimum absolute atomic E-state index is 0.0149. The second-order valence-corrected chi connectivity index (χ2v) is 12.4. The monoisotopic (exact) mass is 569 g/mol. The summed E-state index contributed by atoms with van der Waals surface area (Å²) in [4.78, 5) is 36.3. The van der Waals surface area contributed by atoms with Crippen LogP contribution in [0.15, 0.2) is 30.5 Å². The molecule has 1 spiro atoms. The number of carbonyl (C=O) groups excluding carboxylic acids is 2. The zero-order valence-electron chi connectivity index (χ0n) is 22.7. The fourth-order valence-electron chi connectivity index (χ4n) is 6.35. The third-order valence-corrected chi connectivity index (χ3v) is 9.32. The summed E-state index contributed by atoms with van der Waals surface area (Å²) in [5.41, 5.74) is 7.30. The van der Waals surface area contributed by atoms with Gasteiger partial charge in [-0.25, -0.2) is 18.4 Å². The van der Waals surface area contributed by atoms with Crippen LogP contribution in [0.2, 0.25) is 0 Å². The molecule has 11 nitrogen and oxygen atoms in total. The average molecular weight is 570 g/mol. The molecule has 3 aliphatic rings. The molecule has 1 aromatic carbocycles. The lowest BCUT2D eigenvalue weighted by molar-refractivity contribution is -0.127. The van der Waals surface area contributed by atoms with Crippen LogP contribution in [0.3, 0.4) is 0 Å². The molecule has 0 bridgehead atoms. The molecule has 2 saturated heterocycles. The molecule has 2 aromatic rings. The maximum atomic E-state index is 13.2. The first kappa shape index (κ1) is 28.3. The van der Waals surface area contributed by atoms with Gasteiger partial charge >= 0.3 is 0 Å². The van der Waals surface area contributed by atoms with Crippen LogP contribution in [0.4, 0.5) is 17.3 Å². The van der Waals surface area contributed by atoms with Gasteiger partial charge < -0.3 is 26.6 Å². The zero-order chi connectivity index (χ0) is 28.1. The Kier molecular flexibility index (Phi) is 8.84. The van der Waals surface area contributed by atoms with Crippen LogP contribution >= 0.6 is 0 Å². The number of nitrogens with zero attached hydrogens (tertiary/aromatic N) is 3. The molecular weight excluding hydrogens is 530 g/mol. The minimum Gasteiger partial charge on any atom is -0.364 e. The number of aromatic nitrogens is 2. The number of benzene rings is 1. The van der Waals surface area contributed by atoms with Crippen molar-refractivity contribution in [1.29, 1.82) is 0 Å². The summed E-state index contributed by atoms with van der Waals surface area (Å²) in [5, 5.41) is 9.86. The molecular formula is C28H39N7O4S. The highest BCUT2D eigenvalue weighted by Crippen LogP contribution is 2.45. The molecule has 5 N–H and O–H groups in total. The quantitative estimate of drug-likeness (QED) is 0.300. The van der Waals surface area contributed by atoms with Crippen LogP contribution in [0.1, 0.15) is 67.4 Å². The molecule has 1 atom stereocenters. The second-order valence-electron chi connectivity index (χ2n) is 11.4. The summed E-state index contributed by atoms with van der Waals surface area (Å²) in [6, 6.07) is 6.86. The lowest BCUT2D eigenvalue weighted by Crippen LogP contribution is -2.50. The number of anilines is 3. The van der Waals surface area contributed by atoms with Crippen molar-refractivity contribution in [2.75, 3.05) is 36.4 Å². The van der Waals surface area contributed by atoms with E-state index in [2.05, 4.69) is 30.8 Å². The van der Waals surface area contributed by atoms with Crippen LogP contribution in [-0.2, 0) is 21.3 Å². The van der Waals surface area contributed by atoms with E-state index in [1.165, 1.54) is 12.8 Å². The summed E-state index contributed by atoms with van der Waals surface area (Å²) in [6.07, 6.45) is 10.0. The Morgan fingerprint density at radius 1 is 1.07 bits per heavy atom. The van der Waals surface area contributed by atoms with Gasteiger partial charge in [0, 0.05) is 30.7 Å². The van der Waals surface area contributed by atoms with Crippen molar-refractivity contribution in [2.45, 2.75) is 63.2 Å². The number of thiol groups is 1. The number of amides is 2. The van der Waals surface area contributed by atoms with E-state index in [-0.39, 0.29) is 35.1 Å². The van der Waals surface area contributed by atoms with Crippen LogP contribution in [-0.4, -0.2) is 62.4 Å². The molecule has 40 heavy (non-hydrogen) atoms. The predicted molar refractivity (Wildman–Crippen MR) is 154 cm³/mol. The SMILES string of the molecule is NC(=O)c1ncc(N2CCC[C@@H](NC(=O)C3CCC4(CCNCC4)CC3)C2)nc1Nc1ccc(C[SH](=O)=O)cc1. The van der Waals surface area contributed by atoms with Crippen molar-refractivity contribution in [1.82, 2.24) is 20.6 Å². The highest BCUT2D eigenvalue weighted by molar-refractivity contribution is 7.71. The van der Waals surface area contributed by atoms with Gasteiger partial charge in [-0.3, -0.25) is 9.59 Å². The van der Waals surface area contributed by atoms with Gasteiger partial charge in [0.1, 0.15) is 16.5 Å². The maximum absolute atomic E-state index is 13.2. The summed E-state index contributed by atoms with van der Waals surface area (Å²) >= 11 is 0. The van der Waals surface area contributed by atoms with Gasteiger partial charge in [0.15, 0.2) is 11.5 Å². The van der Waals surface area contributed by atoms with Crippen molar-refractivity contribution >= 4 is 39.8 Å². The lowest BCUT2D eigenvalue weighted by atomic mass is 9.65. The summed E-state index contributed by atoms with van der Waals surface area (Å²) in [5.74, 6) is 0.331. The van der Waals surface area contributed by atoms with Gasteiger partial charge in [0.2, 0.25) is 5.91 Å². The predicted octanol–water partition coefficient (Wildman–Crippen LogP) is 2.08. The number of hydrogen-bond acceptors (Lipinski definition) is 9.